The van der Waals surface area contributed by atoms with Gasteiger partial charge in [0.05, 0.1) is 6.07 Å². The van der Waals surface area contributed by atoms with Crippen molar-refractivity contribution in [3.05, 3.63) is 34.9 Å². The van der Waals surface area contributed by atoms with Gasteiger partial charge < -0.3 is 0 Å². The SMILES string of the molecule is CCCCCC(=O)C(C#N)c1cccc(Cl)c1. The quantitative estimate of drug-likeness (QED) is 0.713. The summed E-state index contributed by atoms with van der Waals surface area (Å²) in [6.07, 6.45) is 3.42. The number of carbonyl (C=O) groups excluding carboxylic acids is 1. The predicted molar refractivity (Wildman–Crippen MR) is 69.0 cm³/mol. The van der Waals surface area contributed by atoms with E-state index in [9.17, 15) is 4.79 Å². The van der Waals surface area contributed by atoms with Gasteiger partial charge in [0.15, 0.2) is 5.78 Å². The van der Waals surface area contributed by atoms with Crippen LogP contribution in [0.25, 0.3) is 0 Å². The zero-order valence-corrected chi connectivity index (χ0v) is 10.7. The summed E-state index contributed by atoms with van der Waals surface area (Å²) < 4.78 is 0. The minimum Gasteiger partial charge on any atom is -0.298 e. The Labute approximate surface area is 107 Å². The summed E-state index contributed by atoms with van der Waals surface area (Å²) in [6.45, 7) is 2.09. The van der Waals surface area contributed by atoms with E-state index in [0.29, 0.717) is 17.0 Å². The third-order valence-electron chi connectivity index (χ3n) is 2.66. The standard InChI is InChI=1S/C14H16ClNO/c1-2-3-4-8-14(17)13(10-16)11-6-5-7-12(15)9-11/h5-7,9,13H,2-4,8H2,1H3. The van der Waals surface area contributed by atoms with Crippen LogP contribution in [0.1, 0.15) is 44.1 Å². The molecule has 0 saturated carbocycles. The molecule has 0 heterocycles. The first kappa shape index (κ1) is 13.7. The molecule has 0 aliphatic heterocycles. The molecule has 1 atom stereocenters. The van der Waals surface area contributed by atoms with Crippen molar-refractivity contribution >= 4 is 17.4 Å². The van der Waals surface area contributed by atoms with E-state index in [1.165, 1.54) is 0 Å². The normalized spacial score (nSPS) is 11.8. The number of nitriles is 1. The van der Waals surface area contributed by atoms with Crippen molar-refractivity contribution in [1.29, 1.82) is 5.26 Å². The molecule has 0 N–H and O–H groups in total. The third-order valence-corrected chi connectivity index (χ3v) is 2.89. The first-order valence-corrected chi connectivity index (χ1v) is 6.24. The molecule has 0 aliphatic rings. The Kier molecular flexibility index (Phi) is 5.72. The van der Waals surface area contributed by atoms with Gasteiger partial charge in [-0.3, -0.25) is 4.79 Å². The lowest BCUT2D eigenvalue weighted by atomic mass is 9.93. The van der Waals surface area contributed by atoms with Gasteiger partial charge in [-0.2, -0.15) is 5.26 Å². The molecule has 0 aromatic heterocycles. The maximum atomic E-state index is 11.9. The molecule has 0 fully saturated rings. The van der Waals surface area contributed by atoms with Gasteiger partial charge in [-0.25, -0.2) is 0 Å². The van der Waals surface area contributed by atoms with Gasteiger partial charge >= 0.3 is 0 Å². The third kappa shape index (κ3) is 4.20. The summed E-state index contributed by atoms with van der Waals surface area (Å²) in [5, 5.41) is 9.64. The summed E-state index contributed by atoms with van der Waals surface area (Å²) >= 11 is 5.86. The molecule has 0 spiro atoms. The van der Waals surface area contributed by atoms with Crippen LogP contribution in [0, 0.1) is 11.3 Å². The van der Waals surface area contributed by atoms with Crippen molar-refractivity contribution in [1.82, 2.24) is 0 Å². The van der Waals surface area contributed by atoms with Crippen molar-refractivity contribution in [2.45, 2.75) is 38.5 Å². The van der Waals surface area contributed by atoms with Crippen molar-refractivity contribution in [2.24, 2.45) is 0 Å². The van der Waals surface area contributed by atoms with E-state index in [2.05, 4.69) is 13.0 Å². The highest BCUT2D eigenvalue weighted by Gasteiger charge is 2.19. The van der Waals surface area contributed by atoms with E-state index in [1.807, 2.05) is 0 Å². The van der Waals surface area contributed by atoms with Crippen LogP contribution < -0.4 is 0 Å². The fourth-order valence-electron chi connectivity index (χ4n) is 1.71. The molecule has 90 valence electrons. The summed E-state index contributed by atoms with van der Waals surface area (Å²) in [7, 11) is 0. The molecule has 0 saturated heterocycles. The van der Waals surface area contributed by atoms with Crippen molar-refractivity contribution in [3.8, 4) is 6.07 Å². The minimum atomic E-state index is -0.675. The number of ketones is 1. The summed E-state index contributed by atoms with van der Waals surface area (Å²) in [4.78, 5) is 11.9. The molecule has 1 rings (SSSR count). The van der Waals surface area contributed by atoms with E-state index < -0.39 is 5.92 Å². The molecule has 17 heavy (non-hydrogen) atoms. The second-order valence-corrected chi connectivity index (χ2v) is 4.48. The maximum Gasteiger partial charge on any atom is 0.154 e. The molecular formula is C14H16ClNO. The van der Waals surface area contributed by atoms with Crippen molar-refractivity contribution < 1.29 is 4.79 Å². The predicted octanol–water partition coefficient (Wildman–Crippen LogP) is 4.10. The molecule has 1 aromatic rings. The lowest BCUT2D eigenvalue weighted by molar-refractivity contribution is -0.119. The number of Topliss-reactive ketones (excluding diaryl/α,β-unsaturated/α-hetero) is 1. The first-order valence-electron chi connectivity index (χ1n) is 5.86. The van der Waals surface area contributed by atoms with Gasteiger partial charge in [0, 0.05) is 11.4 Å². The van der Waals surface area contributed by atoms with Crippen LogP contribution in [-0.2, 0) is 4.79 Å². The number of halogens is 1. The van der Waals surface area contributed by atoms with E-state index in [-0.39, 0.29) is 5.78 Å². The Hall–Kier alpha value is -1.33. The second-order valence-electron chi connectivity index (χ2n) is 4.04. The lowest BCUT2D eigenvalue weighted by Gasteiger charge is -2.08. The molecule has 1 aromatic carbocycles. The van der Waals surface area contributed by atoms with Crippen LogP contribution in [0.2, 0.25) is 5.02 Å². The molecule has 0 bridgehead atoms. The summed E-state index contributed by atoms with van der Waals surface area (Å²) in [6, 6.07) is 9.03. The number of hydrogen-bond donors (Lipinski definition) is 0. The minimum absolute atomic E-state index is 0.0109. The van der Waals surface area contributed by atoms with Crippen LogP contribution in [0.5, 0.6) is 0 Å². The fraction of sp³-hybridized carbons (Fsp3) is 0.429. The number of rotatable bonds is 6. The largest absolute Gasteiger partial charge is 0.298 e. The molecular weight excluding hydrogens is 234 g/mol. The zero-order valence-electron chi connectivity index (χ0n) is 9.95. The Bertz CT molecular complexity index is 422. The van der Waals surface area contributed by atoms with Crippen LogP contribution in [0.4, 0.5) is 0 Å². The highest BCUT2D eigenvalue weighted by Crippen LogP contribution is 2.22. The van der Waals surface area contributed by atoms with Crippen molar-refractivity contribution in [3.63, 3.8) is 0 Å². The number of hydrogen-bond acceptors (Lipinski definition) is 2. The summed E-state index contributed by atoms with van der Waals surface area (Å²) in [5.41, 5.74) is 0.696. The van der Waals surface area contributed by atoms with Crippen LogP contribution >= 0.6 is 11.6 Å². The average molecular weight is 250 g/mol. The fourth-order valence-corrected chi connectivity index (χ4v) is 1.91. The first-order chi connectivity index (χ1) is 8.19. The van der Waals surface area contributed by atoms with Gasteiger partial charge in [-0.15, -0.1) is 0 Å². The highest BCUT2D eigenvalue weighted by molar-refractivity contribution is 6.30. The lowest BCUT2D eigenvalue weighted by Crippen LogP contribution is -2.10. The smallest absolute Gasteiger partial charge is 0.154 e. The van der Waals surface area contributed by atoms with Crippen molar-refractivity contribution in [2.75, 3.05) is 0 Å². The van der Waals surface area contributed by atoms with Gasteiger partial charge in [0.2, 0.25) is 0 Å². The molecule has 2 nitrogen and oxygen atoms in total. The van der Waals surface area contributed by atoms with E-state index in [4.69, 9.17) is 16.9 Å². The molecule has 3 heteroatoms. The van der Waals surface area contributed by atoms with Gasteiger partial charge in [-0.1, -0.05) is 43.5 Å². The Morgan fingerprint density at radius 3 is 2.82 bits per heavy atom. The number of unbranched alkanes of at least 4 members (excludes halogenated alkanes) is 2. The molecule has 0 aliphatic carbocycles. The van der Waals surface area contributed by atoms with E-state index in [0.717, 1.165) is 19.3 Å². The van der Waals surface area contributed by atoms with Crippen LogP contribution in [0.15, 0.2) is 24.3 Å². The van der Waals surface area contributed by atoms with Gasteiger partial charge in [0.25, 0.3) is 0 Å². The average Bonchev–Trinajstić information content (AvgIpc) is 2.30. The molecule has 1 unspecified atom stereocenters. The maximum absolute atomic E-state index is 11.9. The van der Waals surface area contributed by atoms with E-state index >= 15 is 0 Å². The Morgan fingerprint density at radius 2 is 2.24 bits per heavy atom. The van der Waals surface area contributed by atoms with Gasteiger partial charge in [0.1, 0.15) is 5.92 Å². The second kappa shape index (κ2) is 7.09. The topological polar surface area (TPSA) is 40.9 Å². The van der Waals surface area contributed by atoms with Crippen LogP contribution in [0.3, 0.4) is 0 Å². The Balaban J connectivity index is 2.72. The number of benzene rings is 1. The monoisotopic (exact) mass is 249 g/mol. The molecule has 0 amide bonds. The molecule has 0 radical (unpaired) electrons. The van der Waals surface area contributed by atoms with Gasteiger partial charge in [-0.05, 0) is 24.1 Å². The Morgan fingerprint density at radius 1 is 1.47 bits per heavy atom. The highest BCUT2D eigenvalue weighted by atomic mass is 35.5. The number of nitrogens with zero attached hydrogens (tertiary/aromatic N) is 1. The van der Waals surface area contributed by atoms with E-state index in [1.54, 1.807) is 24.3 Å². The summed E-state index contributed by atoms with van der Waals surface area (Å²) in [5.74, 6) is -0.686. The zero-order chi connectivity index (χ0) is 12.7. The number of carbonyl (C=O) groups is 1. The van der Waals surface area contributed by atoms with Crippen LogP contribution in [-0.4, -0.2) is 5.78 Å².